The van der Waals surface area contributed by atoms with Gasteiger partial charge in [-0.3, -0.25) is 4.79 Å². The fraction of sp³-hybridized carbons (Fsp3) is 0.429. The van der Waals surface area contributed by atoms with Gasteiger partial charge in [-0.1, -0.05) is 12.8 Å². The molecule has 7 heteroatoms. The van der Waals surface area contributed by atoms with Crippen molar-refractivity contribution in [2.75, 3.05) is 5.32 Å². The molecule has 1 aliphatic rings. The number of halogens is 3. The van der Waals surface area contributed by atoms with Gasteiger partial charge in [-0.25, -0.2) is 13.8 Å². The van der Waals surface area contributed by atoms with Crippen LogP contribution in [0.5, 0.6) is 0 Å². The predicted molar refractivity (Wildman–Crippen MR) is 77.7 cm³/mol. The van der Waals surface area contributed by atoms with Gasteiger partial charge in [-0.2, -0.15) is 0 Å². The molecule has 0 saturated heterocycles. The summed E-state index contributed by atoms with van der Waals surface area (Å²) in [6, 6.07) is 1.50. The van der Waals surface area contributed by atoms with Crippen molar-refractivity contribution in [2.45, 2.75) is 37.6 Å². The fourth-order valence-corrected chi connectivity index (χ4v) is 2.87. The molecule has 4 nitrogen and oxygen atoms in total. The third-order valence-electron chi connectivity index (χ3n) is 3.77. The molecule has 1 aromatic heterocycles. The van der Waals surface area contributed by atoms with E-state index in [4.69, 9.17) is 11.6 Å². The van der Waals surface area contributed by atoms with Crippen molar-refractivity contribution >= 4 is 28.2 Å². The molecular weight excluding hydrogens is 300 g/mol. The van der Waals surface area contributed by atoms with Gasteiger partial charge >= 0.3 is 0 Å². The van der Waals surface area contributed by atoms with Gasteiger partial charge in [0.2, 0.25) is 0 Å². The number of alkyl halides is 1. The number of aromatic amines is 1. The molecule has 112 valence electrons. The number of anilines is 1. The topological polar surface area (TPSA) is 57.8 Å². The van der Waals surface area contributed by atoms with Crippen LogP contribution in [-0.2, 0) is 5.88 Å². The lowest BCUT2D eigenvalue weighted by molar-refractivity contribution is 0.516. The summed E-state index contributed by atoms with van der Waals surface area (Å²) in [5.41, 5.74) is -0.571. The molecule has 2 aromatic rings. The summed E-state index contributed by atoms with van der Waals surface area (Å²) in [5, 5.41) is 2.62. The van der Waals surface area contributed by atoms with Crippen LogP contribution in [0, 0.1) is 11.6 Å². The van der Waals surface area contributed by atoms with Gasteiger partial charge in [-0.05, 0) is 18.9 Å². The molecule has 0 aliphatic heterocycles. The number of H-pyrrole nitrogens is 1. The van der Waals surface area contributed by atoms with Gasteiger partial charge in [0.1, 0.15) is 11.2 Å². The van der Waals surface area contributed by atoms with E-state index in [1.807, 2.05) is 0 Å². The van der Waals surface area contributed by atoms with Crippen molar-refractivity contribution in [3.8, 4) is 0 Å². The number of nitrogens with one attached hydrogen (secondary N) is 2. The molecule has 0 bridgehead atoms. The van der Waals surface area contributed by atoms with E-state index in [9.17, 15) is 13.6 Å². The third kappa shape index (κ3) is 2.60. The minimum Gasteiger partial charge on any atom is -0.380 e. The number of hydrogen-bond acceptors (Lipinski definition) is 3. The van der Waals surface area contributed by atoms with Crippen LogP contribution in [0.25, 0.3) is 10.9 Å². The highest BCUT2D eigenvalue weighted by Gasteiger charge is 2.21. The number of fused-ring (bicyclic) bond motifs is 1. The Kier molecular flexibility index (Phi) is 3.80. The first-order valence-corrected chi connectivity index (χ1v) is 7.37. The molecule has 0 radical (unpaired) electrons. The zero-order chi connectivity index (χ0) is 15.0. The minimum absolute atomic E-state index is 0.00440. The number of rotatable bonds is 3. The first kappa shape index (κ1) is 14.3. The van der Waals surface area contributed by atoms with Crippen molar-refractivity contribution in [3.63, 3.8) is 0 Å². The summed E-state index contributed by atoms with van der Waals surface area (Å²) in [6.07, 6.45) is 4.00. The summed E-state index contributed by atoms with van der Waals surface area (Å²) in [4.78, 5) is 18.2. The predicted octanol–water partition coefficient (Wildman–Crippen LogP) is 3.29. The molecule has 1 aliphatic carbocycles. The Morgan fingerprint density at radius 3 is 2.71 bits per heavy atom. The molecule has 1 fully saturated rings. The van der Waals surface area contributed by atoms with Gasteiger partial charge in [0.05, 0.1) is 17.1 Å². The standard InChI is InChI=1S/C14H14ClF2N3O/c15-6-10-19-8-5-9(18-7-3-1-2-4-7)12(16)13(17)11(8)14(21)20-10/h5,7,18H,1-4,6H2,(H,19,20,21). The second kappa shape index (κ2) is 5.60. The number of hydrogen-bond donors (Lipinski definition) is 2. The molecular formula is C14H14ClF2N3O. The summed E-state index contributed by atoms with van der Waals surface area (Å²) in [6.45, 7) is 0. The maximum atomic E-state index is 14.1. The van der Waals surface area contributed by atoms with E-state index < -0.39 is 17.2 Å². The maximum Gasteiger partial charge on any atom is 0.261 e. The summed E-state index contributed by atoms with van der Waals surface area (Å²) >= 11 is 5.63. The highest BCUT2D eigenvalue weighted by atomic mass is 35.5. The number of aromatic nitrogens is 2. The molecule has 0 spiro atoms. The van der Waals surface area contributed by atoms with Gasteiger partial charge in [0.15, 0.2) is 11.6 Å². The third-order valence-corrected chi connectivity index (χ3v) is 4.02. The minimum atomic E-state index is -1.18. The molecule has 21 heavy (non-hydrogen) atoms. The van der Waals surface area contributed by atoms with E-state index in [1.165, 1.54) is 6.07 Å². The van der Waals surface area contributed by atoms with E-state index >= 15 is 0 Å². The summed E-state index contributed by atoms with van der Waals surface area (Å²) < 4.78 is 28.2. The first-order valence-electron chi connectivity index (χ1n) is 6.83. The lowest BCUT2D eigenvalue weighted by atomic mass is 10.1. The zero-order valence-electron chi connectivity index (χ0n) is 11.2. The monoisotopic (exact) mass is 313 g/mol. The van der Waals surface area contributed by atoms with Crippen LogP contribution in [0.3, 0.4) is 0 Å². The molecule has 1 aromatic carbocycles. The Labute approximate surface area is 124 Å². The van der Waals surface area contributed by atoms with Crippen LogP contribution in [0.1, 0.15) is 31.5 Å². The SMILES string of the molecule is O=c1[nH]c(CCl)nc2cc(NC3CCCC3)c(F)c(F)c12. The Bertz CT molecular complexity index is 741. The van der Waals surface area contributed by atoms with E-state index in [-0.39, 0.29) is 34.3 Å². The highest BCUT2D eigenvalue weighted by Crippen LogP contribution is 2.28. The van der Waals surface area contributed by atoms with Crippen LogP contribution >= 0.6 is 11.6 Å². The normalized spacial score (nSPS) is 15.8. The fourth-order valence-electron chi connectivity index (χ4n) is 2.74. The van der Waals surface area contributed by atoms with Crippen LogP contribution < -0.4 is 10.9 Å². The zero-order valence-corrected chi connectivity index (χ0v) is 11.9. The molecule has 0 unspecified atom stereocenters. The van der Waals surface area contributed by atoms with E-state index in [0.29, 0.717) is 0 Å². The van der Waals surface area contributed by atoms with Crippen LogP contribution in [-0.4, -0.2) is 16.0 Å². The highest BCUT2D eigenvalue weighted by molar-refractivity contribution is 6.16. The quantitative estimate of drug-likeness (QED) is 0.855. The Morgan fingerprint density at radius 2 is 2.05 bits per heavy atom. The maximum absolute atomic E-state index is 14.1. The second-order valence-corrected chi connectivity index (χ2v) is 5.49. The first-order chi connectivity index (χ1) is 10.1. The van der Waals surface area contributed by atoms with Crippen molar-refractivity contribution < 1.29 is 8.78 Å². The molecule has 3 rings (SSSR count). The van der Waals surface area contributed by atoms with Crippen LogP contribution in [0.4, 0.5) is 14.5 Å². The van der Waals surface area contributed by atoms with Crippen LogP contribution in [0.15, 0.2) is 10.9 Å². The van der Waals surface area contributed by atoms with E-state index in [1.54, 1.807) is 0 Å². The van der Waals surface area contributed by atoms with E-state index in [2.05, 4.69) is 15.3 Å². The van der Waals surface area contributed by atoms with Gasteiger partial charge < -0.3 is 10.3 Å². The van der Waals surface area contributed by atoms with Crippen molar-refractivity contribution in [3.05, 3.63) is 33.9 Å². The number of nitrogens with zero attached hydrogens (tertiary/aromatic N) is 1. The van der Waals surface area contributed by atoms with Crippen molar-refractivity contribution in [2.24, 2.45) is 0 Å². The van der Waals surface area contributed by atoms with Crippen LogP contribution in [0.2, 0.25) is 0 Å². The lowest BCUT2D eigenvalue weighted by Gasteiger charge is -2.15. The van der Waals surface area contributed by atoms with Gasteiger partial charge in [0.25, 0.3) is 5.56 Å². The average Bonchev–Trinajstić information content (AvgIpc) is 2.96. The smallest absolute Gasteiger partial charge is 0.261 e. The summed E-state index contributed by atoms with van der Waals surface area (Å²) in [7, 11) is 0. The molecule has 2 N–H and O–H groups in total. The molecule has 1 heterocycles. The largest absolute Gasteiger partial charge is 0.380 e. The Balaban J connectivity index is 2.13. The van der Waals surface area contributed by atoms with Crippen molar-refractivity contribution in [1.82, 2.24) is 9.97 Å². The van der Waals surface area contributed by atoms with Crippen molar-refractivity contribution in [1.29, 1.82) is 0 Å². The second-order valence-electron chi connectivity index (χ2n) is 5.22. The molecule has 0 amide bonds. The van der Waals surface area contributed by atoms with Gasteiger partial charge in [-0.15, -0.1) is 11.6 Å². The Morgan fingerprint density at radius 1 is 1.33 bits per heavy atom. The molecule has 0 atom stereocenters. The lowest BCUT2D eigenvalue weighted by Crippen LogP contribution is -2.18. The molecule has 1 saturated carbocycles. The van der Waals surface area contributed by atoms with Gasteiger partial charge in [0, 0.05) is 6.04 Å². The average molecular weight is 314 g/mol. The van der Waals surface area contributed by atoms with E-state index in [0.717, 1.165) is 25.7 Å². The Hall–Kier alpha value is -1.69. The number of benzene rings is 1. The summed E-state index contributed by atoms with van der Waals surface area (Å²) in [5.74, 6) is -1.99.